The zero-order chi connectivity index (χ0) is 12.5. The maximum absolute atomic E-state index is 9.37. The zero-order valence-electron chi connectivity index (χ0n) is 11.1. The van der Waals surface area contributed by atoms with Crippen LogP contribution in [0.5, 0.6) is 0 Å². The van der Waals surface area contributed by atoms with Crippen molar-refractivity contribution in [2.75, 3.05) is 13.1 Å². The highest BCUT2D eigenvalue weighted by atomic mass is 16.3. The van der Waals surface area contributed by atoms with Gasteiger partial charge in [-0.1, -0.05) is 50.6 Å². The molecule has 0 unspecified atom stereocenters. The van der Waals surface area contributed by atoms with Crippen LogP contribution >= 0.6 is 0 Å². The summed E-state index contributed by atoms with van der Waals surface area (Å²) in [5.74, 6) is 0. The Bertz CT molecular complexity index is 278. The van der Waals surface area contributed by atoms with Crippen molar-refractivity contribution in [2.24, 2.45) is 0 Å². The van der Waals surface area contributed by atoms with Gasteiger partial charge in [0.15, 0.2) is 0 Å². The minimum atomic E-state index is -0.0676. The lowest BCUT2D eigenvalue weighted by Crippen LogP contribution is -2.35. The van der Waals surface area contributed by atoms with E-state index in [4.69, 9.17) is 0 Å². The van der Waals surface area contributed by atoms with Gasteiger partial charge in [0.1, 0.15) is 0 Å². The second kappa shape index (κ2) is 8.26. The van der Waals surface area contributed by atoms with Crippen molar-refractivity contribution in [1.29, 1.82) is 0 Å². The number of likely N-dealkylation sites (tertiary alicyclic amines) is 1. The van der Waals surface area contributed by atoms with Gasteiger partial charge in [-0.15, -0.1) is 0 Å². The van der Waals surface area contributed by atoms with E-state index >= 15 is 0 Å². The second-order valence-corrected chi connectivity index (χ2v) is 4.70. The van der Waals surface area contributed by atoms with Gasteiger partial charge in [0.2, 0.25) is 0 Å². The molecule has 1 aromatic carbocycles. The molecule has 2 nitrogen and oxygen atoms in total. The molecule has 0 amide bonds. The minimum absolute atomic E-state index is 0.0676. The molecule has 1 heterocycles. The smallest absolute Gasteiger partial charge is 0.0564 e. The molecular formula is C15H25NO. The van der Waals surface area contributed by atoms with Crippen LogP contribution in [-0.2, 0) is 6.54 Å². The molecule has 0 atom stereocenters. The Morgan fingerprint density at radius 3 is 2.18 bits per heavy atom. The molecule has 96 valence electrons. The van der Waals surface area contributed by atoms with E-state index in [9.17, 15) is 5.11 Å². The van der Waals surface area contributed by atoms with Crippen LogP contribution in [0.15, 0.2) is 30.3 Å². The maximum atomic E-state index is 9.37. The number of benzene rings is 1. The van der Waals surface area contributed by atoms with Crippen LogP contribution < -0.4 is 0 Å². The van der Waals surface area contributed by atoms with Gasteiger partial charge in [0, 0.05) is 19.6 Å². The fourth-order valence-electron chi connectivity index (χ4n) is 1.92. The fourth-order valence-corrected chi connectivity index (χ4v) is 1.92. The highest BCUT2D eigenvalue weighted by Crippen LogP contribution is 2.13. The van der Waals surface area contributed by atoms with E-state index in [0.29, 0.717) is 0 Å². The van der Waals surface area contributed by atoms with Crippen LogP contribution in [-0.4, -0.2) is 29.2 Å². The lowest BCUT2D eigenvalue weighted by Gasteiger charge is -2.29. The van der Waals surface area contributed by atoms with Gasteiger partial charge in [-0.3, -0.25) is 4.90 Å². The number of nitrogens with zero attached hydrogens (tertiary/aromatic N) is 1. The summed E-state index contributed by atoms with van der Waals surface area (Å²) in [6.45, 7) is 7.32. The average Bonchev–Trinajstić information content (AvgIpc) is 2.35. The molecule has 0 saturated carbocycles. The van der Waals surface area contributed by atoms with Gasteiger partial charge >= 0.3 is 0 Å². The second-order valence-electron chi connectivity index (χ2n) is 4.70. The normalized spacial score (nSPS) is 17.4. The van der Waals surface area contributed by atoms with Crippen LogP contribution in [0.4, 0.5) is 0 Å². The Hall–Kier alpha value is -0.860. The highest BCUT2D eigenvalue weighted by Gasteiger charge is 2.16. The number of aliphatic hydroxyl groups is 1. The Kier molecular flexibility index (Phi) is 6.90. The molecule has 1 N–H and O–H groups in total. The zero-order valence-corrected chi connectivity index (χ0v) is 11.1. The quantitative estimate of drug-likeness (QED) is 0.851. The first-order chi connectivity index (χ1) is 8.26. The third kappa shape index (κ3) is 5.85. The number of aliphatic hydroxyl groups excluding tert-OH is 1. The van der Waals surface area contributed by atoms with E-state index in [-0.39, 0.29) is 6.10 Å². The predicted molar refractivity (Wildman–Crippen MR) is 72.9 cm³/mol. The average molecular weight is 235 g/mol. The first-order valence-electron chi connectivity index (χ1n) is 6.70. The molecule has 2 rings (SSSR count). The molecule has 1 aromatic rings. The Morgan fingerprint density at radius 2 is 1.65 bits per heavy atom. The molecule has 0 spiro atoms. The largest absolute Gasteiger partial charge is 0.393 e. The van der Waals surface area contributed by atoms with E-state index in [1.807, 2.05) is 6.07 Å². The molecule has 0 radical (unpaired) electrons. The molecule has 0 aromatic heterocycles. The minimum Gasteiger partial charge on any atom is -0.393 e. The van der Waals surface area contributed by atoms with Crippen molar-refractivity contribution in [3.63, 3.8) is 0 Å². The predicted octanol–water partition coefficient (Wildman–Crippen LogP) is 3.06. The highest BCUT2D eigenvalue weighted by molar-refractivity contribution is 5.14. The van der Waals surface area contributed by atoms with Crippen molar-refractivity contribution < 1.29 is 5.11 Å². The summed E-state index contributed by atoms with van der Waals surface area (Å²) in [5, 5.41) is 9.37. The first-order valence-corrected chi connectivity index (χ1v) is 6.70. The van der Waals surface area contributed by atoms with Gasteiger partial charge in [0.05, 0.1) is 6.10 Å². The summed E-state index contributed by atoms with van der Waals surface area (Å²) in [6, 6.07) is 10.5. The van der Waals surface area contributed by atoms with Gasteiger partial charge in [0.25, 0.3) is 0 Å². The SMILES string of the molecule is CCC.OC1CCN(Cc2ccccc2)CC1. The molecule has 2 heteroatoms. The molecule has 0 bridgehead atoms. The van der Waals surface area contributed by atoms with Crippen molar-refractivity contribution in [2.45, 2.75) is 45.8 Å². The van der Waals surface area contributed by atoms with Crippen LogP contribution in [0.2, 0.25) is 0 Å². The summed E-state index contributed by atoms with van der Waals surface area (Å²) < 4.78 is 0. The molecule has 17 heavy (non-hydrogen) atoms. The summed E-state index contributed by atoms with van der Waals surface area (Å²) in [6.07, 6.45) is 3.03. The van der Waals surface area contributed by atoms with Gasteiger partial charge in [-0.05, 0) is 18.4 Å². The summed E-state index contributed by atoms with van der Waals surface area (Å²) >= 11 is 0. The third-order valence-electron chi connectivity index (χ3n) is 2.81. The van der Waals surface area contributed by atoms with E-state index in [2.05, 4.69) is 43.0 Å². The van der Waals surface area contributed by atoms with E-state index in [0.717, 1.165) is 32.5 Å². The number of hydrogen-bond acceptors (Lipinski definition) is 2. The lowest BCUT2D eigenvalue weighted by atomic mass is 10.1. The standard InChI is InChI=1S/C12H17NO.C3H8/c14-12-6-8-13(9-7-12)10-11-4-2-1-3-5-11;1-3-2/h1-5,12,14H,6-10H2;3H2,1-2H3. The molecule has 1 fully saturated rings. The van der Waals surface area contributed by atoms with Crippen molar-refractivity contribution in [3.8, 4) is 0 Å². The molecule has 1 aliphatic rings. The first kappa shape index (κ1) is 14.2. The van der Waals surface area contributed by atoms with E-state index in [1.165, 1.54) is 12.0 Å². The van der Waals surface area contributed by atoms with E-state index < -0.39 is 0 Å². The Balaban J connectivity index is 0.000000437. The Morgan fingerprint density at radius 1 is 1.12 bits per heavy atom. The van der Waals surface area contributed by atoms with E-state index in [1.54, 1.807) is 0 Å². The van der Waals surface area contributed by atoms with Crippen LogP contribution in [0.3, 0.4) is 0 Å². The monoisotopic (exact) mass is 235 g/mol. The molecule has 0 aliphatic carbocycles. The van der Waals surface area contributed by atoms with Crippen molar-refractivity contribution in [1.82, 2.24) is 4.90 Å². The van der Waals surface area contributed by atoms with Crippen molar-refractivity contribution >= 4 is 0 Å². The van der Waals surface area contributed by atoms with Crippen LogP contribution in [0.25, 0.3) is 0 Å². The third-order valence-corrected chi connectivity index (χ3v) is 2.81. The summed E-state index contributed by atoms with van der Waals surface area (Å²) in [4.78, 5) is 2.40. The number of hydrogen-bond donors (Lipinski definition) is 1. The van der Waals surface area contributed by atoms with Gasteiger partial charge in [-0.25, -0.2) is 0 Å². The number of rotatable bonds is 2. The van der Waals surface area contributed by atoms with Gasteiger partial charge in [-0.2, -0.15) is 0 Å². The molecule has 1 saturated heterocycles. The summed E-state index contributed by atoms with van der Waals surface area (Å²) in [5.41, 5.74) is 1.36. The van der Waals surface area contributed by atoms with Crippen LogP contribution in [0.1, 0.15) is 38.7 Å². The van der Waals surface area contributed by atoms with Crippen LogP contribution in [0, 0.1) is 0 Å². The maximum Gasteiger partial charge on any atom is 0.0564 e. The van der Waals surface area contributed by atoms with Crippen molar-refractivity contribution in [3.05, 3.63) is 35.9 Å². The number of piperidine rings is 1. The molecular weight excluding hydrogens is 210 g/mol. The molecule has 1 aliphatic heterocycles. The van der Waals surface area contributed by atoms with Gasteiger partial charge < -0.3 is 5.11 Å². The lowest BCUT2D eigenvalue weighted by molar-refractivity contribution is 0.0792. The topological polar surface area (TPSA) is 23.5 Å². The Labute approximate surface area is 105 Å². The fraction of sp³-hybridized carbons (Fsp3) is 0.600. The summed E-state index contributed by atoms with van der Waals surface area (Å²) in [7, 11) is 0.